The highest BCUT2D eigenvalue weighted by Gasteiger charge is 2.33. The van der Waals surface area contributed by atoms with Gasteiger partial charge in [0.05, 0.1) is 62.5 Å². The van der Waals surface area contributed by atoms with E-state index in [1.54, 1.807) is 47.6 Å². The molecule has 5 atom stereocenters. The Balaban J connectivity index is 2.56. The maximum atomic E-state index is 13.6. The summed E-state index contributed by atoms with van der Waals surface area (Å²) in [5.74, 6) is -1.94. The first-order valence-corrected chi connectivity index (χ1v) is 17.4. The molecule has 0 fully saturated rings. The number of rotatable bonds is 20. The van der Waals surface area contributed by atoms with Gasteiger partial charge < -0.3 is 61.5 Å². The van der Waals surface area contributed by atoms with Crippen LogP contribution in [0.5, 0.6) is 0 Å². The fourth-order valence-corrected chi connectivity index (χ4v) is 6.48. The fraction of sp³-hybridized carbons (Fsp3) is 0.541. The second kappa shape index (κ2) is 20.8. The SMILES string of the molecule is CC1=CC(N(C=O)CC(O)CN(C=O)c2c(C)c(C)c(C)c(C(=O)NCC(O)CO)c2C)C(C)=C(C(=O)NCC(O)CO)C(C)=C1C(=O)NCC(O)CO. The van der Waals surface area contributed by atoms with Crippen molar-refractivity contribution >= 4 is 36.2 Å². The molecule has 1 aromatic rings. The second-order valence-corrected chi connectivity index (χ2v) is 13.4. The van der Waals surface area contributed by atoms with Crippen LogP contribution >= 0.6 is 0 Å². The van der Waals surface area contributed by atoms with Crippen molar-refractivity contribution < 1.29 is 59.7 Å². The molecular weight excluding hydrogens is 706 g/mol. The molecule has 0 aromatic heterocycles. The standard InChI is InChI=1S/C37H55N5O12/c1-19-8-30(23(5)33(37(54)40-11-28(50)16-45)24(6)31(19)35(52)38-9-26(48)14-43)41(17-46)12-29(51)13-42(18-47)34-22(4)20(2)21(3)32(25(34)7)36(53)39-10-27(49)15-44/h8,17-18,26-30,43-45,48-51H,9-16H2,1-7H3,(H,38,52)(H,39,53)(H,40,54). The van der Waals surface area contributed by atoms with Gasteiger partial charge in [-0.05, 0) is 87.4 Å². The van der Waals surface area contributed by atoms with Crippen LogP contribution in [0.2, 0.25) is 0 Å². The first-order chi connectivity index (χ1) is 25.4. The maximum Gasteiger partial charge on any atom is 0.251 e. The Morgan fingerprint density at radius 3 is 1.59 bits per heavy atom. The molecule has 0 aliphatic heterocycles. The molecule has 5 amide bonds. The van der Waals surface area contributed by atoms with Crippen LogP contribution in [0.4, 0.5) is 5.69 Å². The van der Waals surface area contributed by atoms with E-state index in [-0.39, 0.29) is 60.6 Å². The minimum absolute atomic E-state index is 0.0133. The van der Waals surface area contributed by atoms with Gasteiger partial charge in [-0.2, -0.15) is 0 Å². The van der Waals surface area contributed by atoms with Crippen LogP contribution in [0.25, 0.3) is 0 Å². The van der Waals surface area contributed by atoms with Crippen molar-refractivity contribution in [2.45, 2.75) is 78.9 Å². The Hall–Kier alpha value is -4.49. The molecule has 1 aliphatic carbocycles. The lowest BCUT2D eigenvalue weighted by atomic mass is 9.91. The molecule has 2 rings (SSSR count). The molecular formula is C37H55N5O12. The minimum atomic E-state index is -1.38. The van der Waals surface area contributed by atoms with E-state index in [9.17, 15) is 54.6 Å². The summed E-state index contributed by atoms with van der Waals surface area (Å²) in [5.41, 5.74) is 3.85. The van der Waals surface area contributed by atoms with E-state index < -0.39 is 68.0 Å². The molecule has 0 saturated carbocycles. The lowest BCUT2D eigenvalue weighted by Gasteiger charge is -2.32. The molecule has 1 aliphatic rings. The molecule has 0 bridgehead atoms. The van der Waals surface area contributed by atoms with Crippen molar-refractivity contribution in [2.24, 2.45) is 0 Å². The number of nitrogens with zero attached hydrogens (tertiary/aromatic N) is 2. The van der Waals surface area contributed by atoms with Gasteiger partial charge in [0.25, 0.3) is 17.7 Å². The van der Waals surface area contributed by atoms with Crippen LogP contribution < -0.4 is 20.9 Å². The van der Waals surface area contributed by atoms with Crippen molar-refractivity contribution in [3.05, 3.63) is 61.8 Å². The zero-order valence-corrected chi connectivity index (χ0v) is 31.8. The quantitative estimate of drug-likeness (QED) is 0.0628. The van der Waals surface area contributed by atoms with E-state index in [0.29, 0.717) is 46.3 Å². The summed E-state index contributed by atoms with van der Waals surface area (Å²) < 4.78 is 0. The highest BCUT2D eigenvalue weighted by molar-refractivity contribution is 6.06. The maximum absolute atomic E-state index is 13.6. The zero-order chi connectivity index (χ0) is 41.0. The number of anilines is 1. The topological polar surface area (TPSA) is 270 Å². The number of aliphatic hydroxyl groups is 7. The van der Waals surface area contributed by atoms with Crippen molar-refractivity contribution in [1.82, 2.24) is 20.9 Å². The Morgan fingerprint density at radius 2 is 1.13 bits per heavy atom. The van der Waals surface area contributed by atoms with Gasteiger partial charge in [0.1, 0.15) is 0 Å². The van der Waals surface area contributed by atoms with Crippen LogP contribution in [0.15, 0.2) is 33.9 Å². The highest BCUT2D eigenvalue weighted by Crippen LogP contribution is 2.34. The number of hydrogen-bond acceptors (Lipinski definition) is 12. The number of benzene rings is 1. The van der Waals surface area contributed by atoms with E-state index in [4.69, 9.17) is 5.11 Å². The fourth-order valence-electron chi connectivity index (χ4n) is 6.48. The molecule has 5 unspecified atom stereocenters. The van der Waals surface area contributed by atoms with Crippen LogP contribution in [0.1, 0.15) is 53.4 Å². The van der Waals surface area contributed by atoms with Crippen molar-refractivity contribution in [1.29, 1.82) is 0 Å². The van der Waals surface area contributed by atoms with Gasteiger partial charge in [0, 0.05) is 42.9 Å². The third-order valence-corrected chi connectivity index (χ3v) is 9.52. The van der Waals surface area contributed by atoms with E-state index in [0.717, 1.165) is 0 Å². The monoisotopic (exact) mass is 761 g/mol. The largest absolute Gasteiger partial charge is 0.394 e. The van der Waals surface area contributed by atoms with Gasteiger partial charge in [-0.1, -0.05) is 6.08 Å². The molecule has 300 valence electrons. The Kier molecular flexibility index (Phi) is 17.6. The van der Waals surface area contributed by atoms with Gasteiger partial charge in [-0.25, -0.2) is 0 Å². The van der Waals surface area contributed by atoms with E-state index >= 15 is 0 Å². The molecule has 0 heterocycles. The molecule has 0 saturated heterocycles. The number of hydrogen-bond donors (Lipinski definition) is 10. The summed E-state index contributed by atoms with van der Waals surface area (Å²) in [6, 6.07) is -1.01. The summed E-state index contributed by atoms with van der Waals surface area (Å²) in [6.45, 7) is 8.24. The van der Waals surface area contributed by atoms with E-state index in [1.807, 2.05) is 0 Å². The van der Waals surface area contributed by atoms with Crippen molar-refractivity contribution in [2.75, 3.05) is 57.4 Å². The summed E-state index contributed by atoms with van der Waals surface area (Å²) in [6.07, 6.45) is -2.59. The molecule has 1 aromatic carbocycles. The third kappa shape index (κ3) is 11.0. The summed E-state index contributed by atoms with van der Waals surface area (Å²) >= 11 is 0. The number of nitrogens with one attached hydrogen (secondary N) is 3. The summed E-state index contributed by atoms with van der Waals surface area (Å²) in [4.78, 5) is 67.9. The molecule has 10 N–H and O–H groups in total. The van der Waals surface area contributed by atoms with Gasteiger partial charge in [-0.15, -0.1) is 0 Å². The number of carbonyl (C=O) groups excluding carboxylic acids is 5. The highest BCUT2D eigenvalue weighted by atomic mass is 16.3. The summed E-state index contributed by atoms with van der Waals surface area (Å²) in [5, 5.41) is 76.0. The number of aliphatic hydroxyl groups excluding tert-OH is 7. The Morgan fingerprint density at radius 1 is 0.648 bits per heavy atom. The summed E-state index contributed by atoms with van der Waals surface area (Å²) in [7, 11) is 0. The number of amides is 5. The van der Waals surface area contributed by atoms with Crippen LogP contribution in [-0.2, 0) is 19.2 Å². The molecule has 17 heteroatoms. The van der Waals surface area contributed by atoms with Crippen molar-refractivity contribution in [3.63, 3.8) is 0 Å². The normalized spacial score (nSPS) is 16.8. The van der Waals surface area contributed by atoms with Gasteiger partial charge >= 0.3 is 0 Å². The molecule has 0 spiro atoms. The first-order valence-electron chi connectivity index (χ1n) is 17.4. The lowest BCUT2D eigenvalue weighted by molar-refractivity contribution is -0.121. The van der Waals surface area contributed by atoms with E-state index in [1.165, 1.54) is 16.7 Å². The minimum Gasteiger partial charge on any atom is -0.394 e. The van der Waals surface area contributed by atoms with Gasteiger partial charge in [-0.3, -0.25) is 24.0 Å². The van der Waals surface area contributed by atoms with Gasteiger partial charge in [0.15, 0.2) is 0 Å². The predicted molar refractivity (Wildman–Crippen MR) is 198 cm³/mol. The van der Waals surface area contributed by atoms with Crippen LogP contribution in [-0.4, -0.2) is 154 Å². The number of carbonyl (C=O) groups is 5. The average molecular weight is 762 g/mol. The smallest absolute Gasteiger partial charge is 0.251 e. The Bertz CT molecular complexity index is 1660. The molecule has 0 radical (unpaired) electrons. The molecule has 17 nitrogen and oxygen atoms in total. The Labute approximate surface area is 314 Å². The first kappa shape index (κ1) is 45.7. The van der Waals surface area contributed by atoms with Gasteiger partial charge in [0.2, 0.25) is 12.8 Å². The van der Waals surface area contributed by atoms with Crippen LogP contribution in [0.3, 0.4) is 0 Å². The second-order valence-electron chi connectivity index (χ2n) is 13.4. The zero-order valence-electron chi connectivity index (χ0n) is 31.8. The average Bonchev–Trinajstić information content (AvgIpc) is 3.24. The van der Waals surface area contributed by atoms with E-state index in [2.05, 4.69) is 16.0 Å². The predicted octanol–water partition coefficient (Wildman–Crippen LogP) is -2.31. The molecule has 54 heavy (non-hydrogen) atoms. The van der Waals surface area contributed by atoms with Crippen molar-refractivity contribution in [3.8, 4) is 0 Å². The van der Waals surface area contributed by atoms with Crippen LogP contribution in [0, 0.1) is 27.7 Å². The third-order valence-electron chi connectivity index (χ3n) is 9.52. The lowest BCUT2D eigenvalue weighted by Crippen LogP contribution is -2.44.